The lowest BCUT2D eigenvalue weighted by Gasteiger charge is -2.09. The van der Waals surface area contributed by atoms with Crippen LogP contribution in [0.5, 0.6) is 0 Å². The minimum absolute atomic E-state index is 0.189. The molecule has 528 valence electrons. The van der Waals surface area contributed by atoms with Crippen molar-refractivity contribution < 1.29 is 137 Å². The third kappa shape index (κ3) is 77.8. The maximum atomic E-state index is 11.2. The second-order valence-corrected chi connectivity index (χ2v) is 18.1. The molecular weight excluding hydrogens is 1180 g/mol. The third-order valence-corrected chi connectivity index (χ3v) is 10.5. The van der Waals surface area contributed by atoms with Crippen LogP contribution in [0.2, 0.25) is 0 Å². The molecule has 0 saturated heterocycles. The number of carbonyl (C=O) groups excluding carboxylic acids is 2. The van der Waals surface area contributed by atoms with Crippen LogP contribution in [0.4, 0.5) is 0 Å². The van der Waals surface area contributed by atoms with Crippen LogP contribution in [0, 0.1) is 0 Å². The van der Waals surface area contributed by atoms with Crippen LogP contribution in [0.1, 0.15) is 13.8 Å². The standard InChI is InChI=1S/C60H114O29/c1-57(2)59(61)88-55-53-86-51-49-84-47-45-82-43-41-80-39-37-78-35-33-76-31-29-74-27-25-72-23-21-70-19-17-68-15-13-66-11-9-64-7-5-63-6-8-65-10-12-67-14-16-69-18-20-71-22-24-73-26-28-75-30-32-77-34-36-79-38-40-81-42-44-83-46-48-85-50-52-87-54-56-89-60(62)58(3)4/h1,3,5-56H2,2,4H3. The van der Waals surface area contributed by atoms with E-state index in [0.717, 1.165) is 0 Å². The van der Waals surface area contributed by atoms with Gasteiger partial charge in [0.2, 0.25) is 0 Å². The van der Waals surface area contributed by atoms with Crippen molar-refractivity contribution in [3.63, 3.8) is 0 Å². The van der Waals surface area contributed by atoms with Crippen LogP contribution >= 0.6 is 0 Å². The molecule has 29 nitrogen and oxygen atoms in total. The van der Waals surface area contributed by atoms with Crippen molar-refractivity contribution >= 4 is 11.9 Å². The van der Waals surface area contributed by atoms with E-state index in [2.05, 4.69) is 13.2 Å². The number of hydrogen-bond acceptors (Lipinski definition) is 29. The van der Waals surface area contributed by atoms with Gasteiger partial charge in [-0.25, -0.2) is 9.59 Å². The molecule has 0 spiro atoms. The molecule has 0 rings (SSSR count). The van der Waals surface area contributed by atoms with Gasteiger partial charge in [-0.2, -0.15) is 0 Å². The molecule has 0 aliphatic rings. The van der Waals surface area contributed by atoms with Crippen LogP contribution in [-0.2, 0) is 137 Å². The van der Waals surface area contributed by atoms with Gasteiger partial charge in [-0.15, -0.1) is 0 Å². The smallest absolute Gasteiger partial charge is 0.333 e. The highest BCUT2D eigenvalue weighted by Crippen LogP contribution is 1.95. The lowest BCUT2D eigenvalue weighted by molar-refractivity contribution is -0.141. The van der Waals surface area contributed by atoms with Gasteiger partial charge in [0.25, 0.3) is 0 Å². The third-order valence-electron chi connectivity index (χ3n) is 10.5. The summed E-state index contributed by atoms with van der Waals surface area (Å²) < 4.78 is 147. The molecule has 0 aromatic carbocycles. The fourth-order valence-electron chi connectivity index (χ4n) is 6.01. The zero-order valence-corrected chi connectivity index (χ0v) is 54.0. The fraction of sp³-hybridized carbons (Fsp3) is 0.900. The predicted molar refractivity (Wildman–Crippen MR) is 322 cm³/mol. The summed E-state index contributed by atoms with van der Waals surface area (Å²) >= 11 is 0. The summed E-state index contributed by atoms with van der Waals surface area (Å²) in [7, 11) is 0. The zero-order valence-electron chi connectivity index (χ0n) is 54.0. The van der Waals surface area contributed by atoms with Gasteiger partial charge in [0.05, 0.1) is 330 Å². The Hall–Kier alpha value is -2.58. The van der Waals surface area contributed by atoms with Gasteiger partial charge in [-0.1, -0.05) is 13.2 Å². The number of rotatable bonds is 80. The molecule has 0 fully saturated rings. The van der Waals surface area contributed by atoms with Crippen LogP contribution in [0.3, 0.4) is 0 Å². The maximum absolute atomic E-state index is 11.2. The molecule has 0 N–H and O–H groups in total. The van der Waals surface area contributed by atoms with E-state index in [0.29, 0.717) is 341 Å². The van der Waals surface area contributed by atoms with Crippen molar-refractivity contribution in [1.82, 2.24) is 0 Å². The van der Waals surface area contributed by atoms with Crippen molar-refractivity contribution in [2.75, 3.05) is 344 Å². The topological polar surface area (TPSA) is 283 Å². The van der Waals surface area contributed by atoms with Gasteiger partial charge in [0, 0.05) is 11.1 Å². The highest BCUT2D eigenvalue weighted by Gasteiger charge is 2.05. The normalized spacial score (nSPS) is 11.5. The van der Waals surface area contributed by atoms with Gasteiger partial charge in [0.15, 0.2) is 0 Å². The van der Waals surface area contributed by atoms with E-state index in [4.69, 9.17) is 128 Å². The summed E-state index contributed by atoms with van der Waals surface area (Å²) in [4.78, 5) is 22.5. The van der Waals surface area contributed by atoms with E-state index in [1.165, 1.54) is 0 Å². The zero-order chi connectivity index (χ0) is 64.2. The predicted octanol–water partition coefficient (Wildman–Crippen LogP) is 1.64. The Morgan fingerprint density at radius 3 is 0.292 bits per heavy atom. The van der Waals surface area contributed by atoms with Crippen LogP contribution in [0.25, 0.3) is 0 Å². The molecule has 0 bridgehead atoms. The number of esters is 2. The molecule has 89 heavy (non-hydrogen) atoms. The molecule has 0 aliphatic carbocycles. The molecule has 0 aliphatic heterocycles. The van der Waals surface area contributed by atoms with E-state index >= 15 is 0 Å². The molecular formula is C60H114O29. The molecule has 0 atom stereocenters. The van der Waals surface area contributed by atoms with Crippen molar-refractivity contribution in [3.05, 3.63) is 24.3 Å². The minimum atomic E-state index is -0.420. The first kappa shape index (κ1) is 86.4. The SMILES string of the molecule is C=C(C)C(=O)OCCOCCOCCOCCOCCOCCOCCOCCOCCOCCOCCOCCOCCOCCOCCOCCOCCOCCOCCOCCOCCOCCOCCOCCOCCOCCOC(=O)C(=C)C. The van der Waals surface area contributed by atoms with Crippen LogP contribution in [-0.4, -0.2) is 355 Å². The summed E-state index contributed by atoms with van der Waals surface area (Å²) in [6, 6.07) is 0. The summed E-state index contributed by atoms with van der Waals surface area (Å²) in [6.07, 6.45) is 0. The number of carbonyl (C=O) groups is 2. The summed E-state index contributed by atoms with van der Waals surface area (Å²) in [6.45, 7) is 33.8. The Morgan fingerprint density at radius 1 is 0.157 bits per heavy atom. The van der Waals surface area contributed by atoms with E-state index in [-0.39, 0.29) is 13.2 Å². The molecule has 0 unspecified atom stereocenters. The van der Waals surface area contributed by atoms with Gasteiger partial charge in [-0.3, -0.25) is 0 Å². The van der Waals surface area contributed by atoms with E-state index in [1.807, 2.05) is 0 Å². The Labute approximate surface area is 529 Å². The van der Waals surface area contributed by atoms with Crippen molar-refractivity contribution in [2.24, 2.45) is 0 Å². The first-order chi connectivity index (χ1) is 43.9. The van der Waals surface area contributed by atoms with E-state index in [9.17, 15) is 9.59 Å². The first-order valence-electron chi connectivity index (χ1n) is 31.0. The minimum Gasteiger partial charge on any atom is -0.460 e. The largest absolute Gasteiger partial charge is 0.460 e. The lowest BCUT2D eigenvalue weighted by Crippen LogP contribution is -2.16. The van der Waals surface area contributed by atoms with E-state index < -0.39 is 11.9 Å². The van der Waals surface area contributed by atoms with Crippen molar-refractivity contribution in [3.8, 4) is 0 Å². The van der Waals surface area contributed by atoms with E-state index in [1.54, 1.807) is 13.8 Å². The Kier molecular flexibility index (Phi) is 75.6. The van der Waals surface area contributed by atoms with Crippen LogP contribution < -0.4 is 0 Å². The second kappa shape index (κ2) is 77.9. The average Bonchev–Trinajstić information content (AvgIpc) is 3.53. The highest BCUT2D eigenvalue weighted by atomic mass is 16.6. The number of ether oxygens (including phenoxy) is 27. The van der Waals surface area contributed by atoms with Gasteiger partial charge < -0.3 is 128 Å². The van der Waals surface area contributed by atoms with Crippen molar-refractivity contribution in [2.45, 2.75) is 13.8 Å². The molecule has 0 radical (unpaired) electrons. The highest BCUT2D eigenvalue weighted by molar-refractivity contribution is 5.87. The van der Waals surface area contributed by atoms with Gasteiger partial charge >= 0.3 is 11.9 Å². The Balaban J connectivity index is 3.10. The quantitative estimate of drug-likeness (QED) is 0.0475. The summed E-state index contributed by atoms with van der Waals surface area (Å²) in [5.41, 5.74) is 0.725. The van der Waals surface area contributed by atoms with Crippen molar-refractivity contribution in [1.29, 1.82) is 0 Å². The summed E-state index contributed by atoms with van der Waals surface area (Å²) in [5, 5.41) is 0. The first-order valence-corrected chi connectivity index (χ1v) is 31.0. The maximum Gasteiger partial charge on any atom is 0.333 e. The second-order valence-electron chi connectivity index (χ2n) is 18.1. The fourth-order valence-corrected chi connectivity index (χ4v) is 6.01. The Bertz CT molecular complexity index is 1340. The lowest BCUT2D eigenvalue weighted by atomic mass is 10.4. The summed E-state index contributed by atoms with van der Waals surface area (Å²) in [5.74, 6) is -0.840. The molecule has 0 aromatic heterocycles. The molecule has 0 heterocycles. The molecule has 0 amide bonds. The van der Waals surface area contributed by atoms with Gasteiger partial charge in [-0.05, 0) is 13.8 Å². The molecule has 0 aromatic rings. The molecule has 29 heteroatoms. The molecule has 0 saturated carbocycles. The number of hydrogen-bond donors (Lipinski definition) is 0. The van der Waals surface area contributed by atoms with Crippen LogP contribution in [0.15, 0.2) is 24.3 Å². The van der Waals surface area contributed by atoms with Gasteiger partial charge in [0.1, 0.15) is 13.2 Å². The Morgan fingerprint density at radius 2 is 0.225 bits per heavy atom. The average molecular weight is 1300 g/mol. The monoisotopic (exact) mass is 1300 g/mol.